The van der Waals surface area contributed by atoms with Crippen LogP contribution in [0.25, 0.3) is 0 Å². The van der Waals surface area contributed by atoms with Crippen molar-refractivity contribution < 1.29 is 19.8 Å². The number of quaternary nitrogens is 1. The number of hydrogen-bond donors (Lipinski definition) is 2. The number of rotatable bonds is 6. The molecule has 0 spiro atoms. The van der Waals surface area contributed by atoms with E-state index in [0.717, 1.165) is 6.54 Å². The highest BCUT2D eigenvalue weighted by Gasteiger charge is 2.14. The lowest BCUT2D eigenvalue weighted by molar-refractivity contribution is -0.899. The van der Waals surface area contributed by atoms with Crippen LogP contribution in [0.2, 0.25) is 0 Å². The summed E-state index contributed by atoms with van der Waals surface area (Å²) in [5.74, 6) is 0. The maximum absolute atomic E-state index is 10.9. The van der Waals surface area contributed by atoms with Crippen molar-refractivity contribution in [1.82, 2.24) is 0 Å². The summed E-state index contributed by atoms with van der Waals surface area (Å²) in [5.41, 5.74) is 0. The summed E-state index contributed by atoms with van der Waals surface area (Å²) in [4.78, 5) is 0. The van der Waals surface area contributed by atoms with Crippen LogP contribution in [0, 0.1) is 0 Å². The molecule has 0 fully saturated rings. The first kappa shape index (κ1) is 11.8. The molecule has 0 saturated heterocycles. The smallest absolute Gasteiger partial charge is 0.0804 e. The average Bonchev–Trinajstić information content (AvgIpc) is 2.00. The van der Waals surface area contributed by atoms with Crippen LogP contribution < -0.4 is 5.11 Å². The van der Waals surface area contributed by atoms with Crippen molar-refractivity contribution in [2.24, 2.45) is 0 Å². The van der Waals surface area contributed by atoms with Crippen LogP contribution in [-0.4, -0.2) is 61.2 Å². The summed E-state index contributed by atoms with van der Waals surface area (Å²) in [6.07, 6.45) is -0.204. The molecule has 1 atom stereocenters. The van der Waals surface area contributed by atoms with E-state index in [4.69, 9.17) is 10.2 Å². The first-order valence-corrected chi connectivity index (χ1v) is 4.21. The van der Waals surface area contributed by atoms with E-state index >= 15 is 0 Å². The monoisotopic (exact) mass is 177 g/mol. The van der Waals surface area contributed by atoms with E-state index in [2.05, 4.69) is 0 Å². The fourth-order valence-electron chi connectivity index (χ4n) is 1.20. The highest BCUT2D eigenvalue weighted by molar-refractivity contribution is 4.48. The van der Waals surface area contributed by atoms with Gasteiger partial charge in [0.25, 0.3) is 0 Å². The molecule has 0 amide bonds. The molecule has 1 unspecified atom stereocenters. The Balaban J connectivity index is 3.69. The van der Waals surface area contributed by atoms with Gasteiger partial charge in [-0.1, -0.05) is 6.10 Å². The summed E-state index contributed by atoms with van der Waals surface area (Å²) in [5, 5.41) is 28.1. The van der Waals surface area contributed by atoms with Gasteiger partial charge >= 0.3 is 0 Å². The topological polar surface area (TPSA) is 63.5 Å². The molecular weight excluding hydrogens is 158 g/mol. The van der Waals surface area contributed by atoms with Gasteiger partial charge in [0, 0.05) is 19.6 Å². The van der Waals surface area contributed by atoms with Crippen molar-refractivity contribution in [3.63, 3.8) is 0 Å². The highest BCUT2D eigenvalue weighted by atomic mass is 16.3. The first-order chi connectivity index (χ1) is 5.52. The first-order valence-electron chi connectivity index (χ1n) is 4.21. The lowest BCUT2D eigenvalue weighted by atomic mass is 10.3. The van der Waals surface area contributed by atoms with E-state index in [1.165, 1.54) is 0 Å². The molecule has 4 nitrogen and oxygen atoms in total. The fraction of sp³-hybridized carbons (Fsp3) is 1.00. The van der Waals surface area contributed by atoms with Gasteiger partial charge in [0.1, 0.15) is 0 Å². The second-order valence-corrected chi connectivity index (χ2v) is 3.72. The lowest BCUT2D eigenvalue weighted by Gasteiger charge is -2.35. The number of aliphatic hydroxyl groups excluding tert-OH is 2. The van der Waals surface area contributed by atoms with E-state index in [1.807, 2.05) is 14.1 Å². The molecule has 0 heterocycles. The van der Waals surface area contributed by atoms with E-state index < -0.39 is 6.10 Å². The van der Waals surface area contributed by atoms with Crippen molar-refractivity contribution in [3.05, 3.63) is 0 Å². The summed E-state index contributed by atoms with van der Waals surface area (Å²) in [7, 11) is 3.85. The molecule has 0 aliphatic carbocycles. The zero-order valence-electron chi connectivity index (χ0n) is 7.86. The Morgan fingerprint density at radius 2 is 1.92 bits per heavy atom. The van der Waals surface area contributed by atoms with Crippen molar-refractivity contribution in [2.45, 2.75) is 12.5 Å². The van der Waals surface area contributed by atoms with E-state index in [9.17, 15) is 5.11 Å². The molecule has 0 bridgehead atoms. The zero-order chi connectivity index (χ0) is 9.61. The highest BCUT2D eigenvalue weighted by Crippen LogP contribution is 1.99. The van der Waals surface area contributed by atoms with Crippen molar-refractivity contribution in [1.29, 1.82) is 0 Å². The molecular formula is C8H19NO3. The predicted molar refractivity (Wildman–Crippen MR) is 44.4 cm³/mol. The van der Waals surface area contributed by atoms with E-state index in [0.29, 0.717) is 17.4 Å². The minimum atomic E-state index is -0.904. The van der Waals surface area contributed by atoms with Crippen LogP contribution in [0.15, 0.2) is 0 Å². The van der Waals surface area contributed by atoms with Gasteiger partial charge in [0.2, 0.25) is 0 Å². The third-order valence-corrected chi connectivity index (χ3v) is 1.82. The van der Waals surface area contributed by atoms with Crippen LogP contribution in [0.4, 0.5) is 0 Å². The number of aliphatic hydroxyl groups is 2. The Morgan fingerprint density at radius 3 is 2.33 bits per heavy atom. The maximum Gasteiger partial charge on any atom is 0.0804 e. The molecule has 0 aliphatic rings. The molecule has 0 saturated carbocycles. The van der Waals surface area contributed by atoms with Gasteiger partial charge in [0.05, 0.1) is 27.2 Å². The molecule has 2 N–H and O–H groups in total. The molecule has 0 aromatic carbocycles. The second kappa shape index (κ2) is 5.48. The van der Waals surface area contributed by atoms with Crippen LogP contribution >= 0.6 is 0 Å². The second-order valence-electron chi connectivity index (χ2n) is 3.72. The number of hydrogen-bond acceptors (Lipinski definition) is 3. The van der Waals surface area contributed by atoms with E-state index in [-0.39, 0.29) is 13.2 Å². The van der Waals surface area contributed by atoms with Crippen LogP contribution in [-0.2, 0) is 0 Å². The predicted octanol–water partition coefficient (Wildman–Crippen LogP) is -1.83. The lowest BCUT2D eigenvalue weighted by Crippen LogP contribution is -2.51. The third kappa shape index (κ3) is 5.49. The number of likely N-dealkylation sites (N-methyl/N-ethyl adjacent to an activating group) is 1. The van der Waals surface area contributed by atoms with E-state index in [1.54, 1.807) is 0 Å². The van der Waals surface area contributed by atoms with Gasteiger partial charge in [-0.15, -0.1) is 0 Å². The van der Waals surface area contributed by atoms with Gasteiger partial charge in [-0.25, -0.2) is 0 Å². The van der Waals surface area contributed by atoms with Crippen LogP contribution in [0.5, 0.6) is 0 Å². The summed E-state index contributed by atoms with van der Waals surface area (Å²) < 4.78 is 0.565. The Bertz CT molecular complexity index is 117. The molecule has 0 aliphatic heterocycles. The number of nitrogens with zero attached hydrogens (tertiary/aromatic N) is 1. The average molecular weight is 177 g/mol. The molecule has 4 heteroatoms. The van der Waals surface area contributed by atoms with Gasteiger partial charge in [-0.05, 0) is 0 Å². The van der Waals surface area contributed by atoms with Gasteiger partial charge < -0.3 is 19.8 Å². The van der Waals surface area contributed by atoms with Crippen molar-refractivity contribution in [2.75, 3.05) is 40.4 Å². The fourth-order valence-corrected chi connectivity index (χ4v) is 1.20. The molecule has 12 heavy (non-hydrogen) atoms. The third-order valence-electron chi connectivity index (χ3n) is 1.82. The van der Waals surface area contributed by atoms with Crippen LogP contribution in [0.3, 0.4) is 0 Å². The Labute approximate surface area is 73.6 Å². The molecule has 0 radical (unpaired) electrons. The van der Waals surface area contributed by atoms with Crippen molar-refractivity contribution >= 4 is 0 Å². The Morgan fingerprint density at radius 1 is 1.33 bits per heavy atom. The largest absolute Gasteiger partial charge is 0.846 e. The molecule has 0 aromatic rings. The minimum Gasteiger partial charge on any atom is -0.846 e. The minimum absolute atomic E-state index is 0.157. The summed E-state index contributed by atoms with van der Waals surface area (Å²) in [6.45, 7) is 1.04. The molecule has 0 rings (SSSR count). The zero-order valence-corrected chi connectivity index (χ0v) is 7.86. The maximum atomic E-state index is 10.9. The van der Waals surface area contributed by atoms with Crippen molar-refractivity contribution in [3.8, 4) is 0 Å². The summed E-state index contributed by atoms with van der Waals surface area (Å²) >= 11 is 0. The normalized spacial score (nSPS) is 14.8. The molecule has 0 aromatic heterocycles. The van der Waals surface area contributed by atoms with Gasteiger partial charge in [-0.2, -0.15) is 0 Å². The quantitative estimate of drug-likeness (QED) is 0.469. The Kier molecular flexibility index (Phi) is 5.41. The molecule has 74 valence electrons. The van der Waals surface area contributed by atoms with Gasteiger partial charge in [0.15, 0.2) is 0 Å². The van der Waals surface area contributed by atoms with Crippen LogP contribution in [0.1, 0.15) is 6.42 Å². The Hall–Kier alpha value is -0.160. The summed E-state index contributed by atoms with van der Waals surface area (Å²) in [6, 6.07) is 0. The van der Waals surface area contributed by atoms with Gasteiger partial charge in [-0.3, -0.25) is 0 Å². The standard InChI is InChI=1S/C8H19NO3/c1-9(2,4-3-5-10)6-8(12)7-11/h8,10-11H,3-7H2,1-2H3. The SMILES string of the molecule is C[N+](C)(CCCO)CC([O-])CO.